The fourth-order valence-corrected chi connectivity index (χ4v) is 1.85. The van der Waals surface area contributed by atoms with Crippen LogP contribution >= 0.6 is 0 Å². The summed E-state index contributed by atoms with van der Waals surface area (Å²) >= 11 is 0. The van der Waals surface area contributed by atoms with E-state index in [1.165, 1.54) is 0 Å². The van der Waals surface area contributed by atoms with Crippen molar-refractivity contribution in [2.45, 2.75) is 6.92 Å². The van der Waals surface area contributed by atoms with Crippen molar-refractivity contribution >= 4 is 5.69 Å². The number of benzene rings is 1. The minimum atomic E-state index is -0.255. The summed E-state index contributed by atoms with van der Waals surface area (Å²) in [7, 11) is 1.81. The highest BCUT2D eigenvalue weighted by atomic mass is 16.3. The molecule has 0 aliphatic rings. The molecule has 5 nitrogen and oxygen atoms in total. The molecule has 90 valence electrons. The van der Waals surface area contributed by atoms with Crippen molar-refractivity contribution in [3.63, 3.8) is 0 Å². The molecular formula is C12H15N3O2. The van der Waals surface area contributed by atoms with E-state index in [1.54, 1.807) is 9.36 Å². The Morgan fingerprint density at radius 1 is 1.29 bits per heavy atom. The topological polar surface area (TPSA) is 59.2 Å². The molecule has 2 N–H and O–H groups in total. The predicted molar refractivity (Wildman–Crippen MR) is 66.5 cm³/mol. The van der Waals surface area contributed by atoms with Crippen LogP contribution in [0.4, 0.5) is 5.69 Å². The zero-order chi connectivity index (χ0) is 12.4. The highest BCUT2D eigenvalue weighted by Gasteiger charge is 2.14. The molecule has 1 heterocycles. The summed E-state index contributed by atoms with van der Waals surface area (Å²) in [6, 6.07) is 9.39. The van der Waals surface area contributed by atoms with Gasteiger partial charge in [-0.1, -0.05) is 18.2 Å². The lowest BCUT2D eigenvalue weighted by atomic mass is 10.3. The lowest BCUT2D eigenvalue weighted by Gasteiger charge is -2.07. The molecule has 0 saturated heterocycles. The number of hydrogen-bond acceptors (Lipinski definition) is 3. The van der Waals surface area contributed by atoms with Crippen LogP contribution in [0.5, 0.6) is 0 Å². The Kier molecular flexibility index (Phi) is 3.01. The molecule has 0 saturated carbocycles. The molecule has 1 aromatic heterocycles. The highest BCUT2D eigenvalue weighted by Crippen LogP contribution is 2.13. The molecule has 0 radical (unpaired) electrons. The molecular weight excluding hydrogens is 218 g/mol. The Balaban J connectivity index is 2.64. The standard InChI is InChI=1S/C12H15N3O2/c1-9-11(13-8-16)12(17)15(14(9)2)10-6-4-3-5-7-10/h3-7,13,16H,8H2,1-2H3. The third-order valence-electron chi connectivity index (χ3n) is 2.81. The SMILES string of the molecule is Cc1c(NCO)c(=O)n(-c2ccccc2)n1C. The second-order valence-electron chi connectivity index (χ2n) is 3.77. The predicted octanol–water partition coefficient (Wildman–Crippen LogP) is 0.846. The van der Waals surface area contributed by atoms with Crippen LogP contribution in [0.1, 0.15) is 5.69 Å². The van der Waals surface area contributed by atoms with Crippen molar-refractivity contribution in [2.75, 3.05) is 12.0 Å². The number of anilines is 1. The minimum Gasteiger partial charge on any atom is -0.377 e. The van der Waals surface area contributed by atoms with Crippen LogP contribution in [-0.4, -0.2) is 21.2 Å². The number of aliphatic hydroxyl groups excluding tert-OH is 1. The normalized spacial score (nSPS) is 10.5. The Morgan fingerprint density at radius 3 is 2.53 bits per heavy atom. The summed E-state index contributed by atoms with van der Waals surface area (Å²) in [5, 5.41) is 11.5. The Labute approximate surface area is 98.9 Å². The van der Waals surface area contributed by atoms with Gasteiger partial charge in [0.25, 0.3) is 5.56 Å². The molecule has 2 rings (SSSR count). The first-order chi connectivity index (χ1) is 8.16. The van der Waals surface area contributed by atoms with Gasteiger partial charge in [-0.15, -0.1) is 0 Å². The van der Waals surface area contributed by atoms with Crippen LogP contribution in [-0.2, 0) is 7.05 Å². The number of aliphatic hydroxyl groups is 1. The number of hydrogen-bond donors (Lipinski definition) is 2. The fraction of sp³-hybridized carbons (Fsp3) is 0.250. The molecule has 0 atom stereocenters. The van der Waals surface area contributed by atoms with Crippen LogP contribution in [0.2, 0.25) is 0 Å². The van der Waals surface area contributed by atoms with Gasteiger partial charge in [0.05, 0.1) is 11.4 Å². The summed E-state index contributed by atoms with van der Waals surface area (Å²) in [5.41, 5.74) is 1.85. The van der Waals surface area contributed by atoms with Gasteiger partial charge in [0, 0.05) is 7.05 Å². The lowest BCUT2D eigenvalue weighted by Crippen LogP contribution is -2.21. The van der Waals surface area contributed by atoms with Crippen molar-refractivity contribution in [2.24, 2.45) is 7.05 Å². The smallest absolute Gasteiger partial charge is 0.295 e. The monoisotopic (exact) mass is 233 g/mol. The number of para-hydroxylation sites is 1. The number of nitrogens with one attached hydrogen (secondary N) is 1. The van der Waals surface area contributed by atoms with Gasteiger partial charge in [-0.25, -0.2) is 4.68 Å². The summed E-state index contributed by atoms with van der Waals surface area (Å²) in [6.07, 6.45) is 0. The van der Waals surface area contributed by atoms with Gasteiger partial charge >= 0.3 is 0 Å². The minimum absolute atomic E-state index is 0.162. The second-order valence-corrected chi connectivity index (χ2v) is 3.77. The molecule has 0 bridgehead atoms. The molecule has 17 heavy (non-hydrogen) atoms. The van der Waals surface area contributed by atoms with Crippen molar-refractivity contribution in [1.82, 2.24) is 9.36 Å². The maximum absolute atomic E-state index is 12.2. The van der Waals surface area contributed by atoms with E-state index in [-0.39, 0.29) is 12.3 Å². The van der Waals surface area contributed by atoms with Crippen LogP contribution in [0.3, 0.4) is 0 Å². The molecule has 1 aromatic carbocycles. The van der Waals surface area contributed by atoms with Gasteiger partial charge < -0.3 is 10.4 Å². The van der Waals surface area contributed by atoms with Gasteiger partial charge in [0.2, 0.25) is 0 Å². The van der Waals surface area contributed by atoms with Gasteiger partial charge in [0.1, 0.15) is 12.4 Å². The largest absolute Gasteiger partial charge is 0.377 e. The molecule has 2 aromatic rings. The maximum Gasteiger partial charge on any atom is 0.295 e. The van der Waals surface area contributed by atoms with E-state index in [9.17, 15) is 4.79 Å². The highest BCUT2D eigenvalue weighted by molar-refractivity contribution is 5.48. The Morgan fingerprint density at radius 2 is 1.94 bits per heavy atom. The van der Waals surface area contributed by atoms with Gasteiger partial charge in [-0.05, 0) is 19.1 Å². The van der Waals surface area contributed by atoms with E-state index >= 15 is 0 Å². The van der Waals surface area contributed by atoms with E-state index in [1.807, 2.05) is 44.3 Å². The average Bonchev–Trinajstić information content (AvgIpc) is 2.55. The first-order valence-corrected chi connectivity index (χ1v) is 5.35. The zero-order valence-electron chi connectivity index (χ0n) is 9.84. The van der Waals surface area contributed by atoms with E-state index in [0.717, 1.165) is 11.4 Å². The van der Waals surface area contributed by atoms with E-state index in [0.29, 0.717) is 5.69 Å². The number of rotatable bonds is 3. The Bertz CT molecular complexity index is 569. The first-order valence-electron chi connectivity index (χ1n) is 5.35. The molecule has 0 spiro atoms. The molecule has 0 amide bonds. The number of aromatic nitrogens is 2. The molecule has 5 heteroatoms. The molecule has 0 unspecified atom stereocenters. The van der Waals surface area contributed by atoms with Gasteiger partial charge in [-0.3, -0.25) is 9.48 Å². The van der Waals surface area contributed by atoms with Crippen molar-refractivity contribution in [3.05, 3.63) is 46.4 Å². The third kappa shape index (κ3) is 1.85. The summed E-state index contributed by atoms with van der Waals surface area (Å²) in [4.78, 5) is 12.2. The Hall–Kier alpha value is -2.01. The van der Waals surface area contributed by atoms with Crippen LogP contribution < -0.4 is 10.9 Å². The maximum atomic E-state index is 12.2. The quantitative estimate of drug-likeness (QED) is 0.772. The van der Waals surface area contributed by atoms with E-state index < -0.39 is 0 Å². The number of nitrogens with zero attached hydrogens (tertiary/aromatic N) is 2. The fourth-order valence-electron chi connectivity index (χ4n) is 1.85. The summed E-state index contributed by atoms with van der Waals surface area (Å²) in [6.45, 7) is 1.58. The zero-order valence-corrected chi connectivity index (χ0v) is 9.84. The van der Waals surface area contributed by atoms with Crippen molar-refractivity contribution < 1.29 is 5.11 Å². The van der Waals surface area contributed by atoms with Gasteiger partial charge in [0.15, 0.2) is 0 Å². The average molecular weight is 233 g/mol. The molecule has 0 fully saturated rings. The van der Waals surface area contributed by atoms with E-state index in [4.69, 9.17) is 5.11 Å². The first kappa shape index (κ1) is 11.5. The summed E-state index contributed by atoms with van der Waals surface area (Å²) in [5.74, 6) is 0. The molecule has 0 aliphatic heterocycles. The second kappa shape index (κ2) is 4.47. The van der Waals surface area contributed by atoms with Crippen LogP contribution in [0.15, 0.2) is 35.1 Å². The van der Waals surface area contributed by atoms with E-state index in [2.05, 4.69) is 5.32 Å². The summed E-state index contributed by atoms with van der Waals surface area (Å²) < 4.78 is 3.32. The van der Waals surface area contributed by atoms with Crippen molar-refractivity contribution in [1.29, 1.82) is 0 Å². The van der Waals surface area contributed by atoms with Crippen LogP contribution in [0.25, 0.3) is 5.69 Å². The van der Waals surface area contributed by atoms with Crippen molar-refractivity contribution in [3.8, 4) is 5.69 Å². The third-order valence-corrected chi connectivity index (χ3v) is 2.81. The molecule has 0 aliphatic carbocycles. The lowest BCUT2D eigenvalue weighted by molar-refractivity contribution is 0.325. The van der Waals surface area contributed by atoms with Crippen LogP contribution in [0, 0.1) is 6.92 Å². The van der Waals surface area contributed by atoms with Gasteiger partial charge in [-0.2, -0.15) is 0 Å².